The molecule has 31 heavy (non-hydrogen) atoms. The maximum absolute atomic E-state index is 12.7. The van der Waals surface area contributed by atoms with Crippen LogP contribution < -0.4 is 25.9 Å². The van der Waals surface area contributed by atoms with E-state index < -0.39 is 11.8 Å². The Bertz CT molecular complexity index is 1240. The van der Waals surface area contributed by atoms with Gasteiger partial charge in [-0.1, -0.05) is 29.8 Å². The Hall–Kier alpha value is -3.59. The molecule has 160 valence electrons. The van der Waals surface area contributed by atoms with Gasteiger partial charge >= 0.3 is 0 Å². The Labute approximate surface area is 181 Å². The minimum Gasteiger partial charge on any atom is -0.489 e. The zero-order valence-electron chi connectivity index (χ0n) is 16.6. The Kier molecular flexibility index (Phi) is 5.77. The molecule has 2 aromatic carbocycles. The van der Waals surface area contributed by atoms with Crippen molar-refractivity contribution in [3.05, 3.63) is 63.0 Å². The van der Waals surface area contributed by atoms with E-state index in [0.717, 1.165) is 0 Å². The lowest BCUT2D eigenvalue weighted by Gasteiger charge is -2.13. The highest BCUT2D eigenvalue weighted by atomic mass is 35.5. The van der Waals surface area contributed by atoms with Crippen molar-refractivity contribution in [1.29, 1.82) is 0 Å². The summed E-state index contributed by atoms with van der Waals surface area (Å²) in [4.78, 5) is 37.8. The number of fused-ring (bicyclic) bond motifs is 2. The summed E-state index contributed by atoms with van der Waals surface area (Å²) in [6.07, 6.45) is 0.698. The molecule has 2 heterocycles. The third-order valence-corrected chi connectivity index (χ3v) is 5.02. The van der Waals surface area contributed by atoms with E-state index in [-0.39, 0.29) is 21.8 Å². The lowest BCUT2D eigenvalue weighted by molar-refractivity contribution is 0.0843. The SMILES string of the molecule is CCn1nc(C(=O)NNC(=O)c2cc(Cl)c3c(c2)OCCCO3)c2ccccc2c1=O. The average Bonchev–Trinajstić information content (AvgIpc) is 3.03. The van der Waals surface area contributed by atoms with Gasteiger partial charge in [-0.2, -0.15) is 5.10 Å². The van der Waals surface area contributed by atoms with Gasteiger partial charge in [-0.3, -0.25) is 25.2 Å². The van der Waals surface area contributed by atoms with E-state index in [9.17, 15) is 14.4 Å². The van der Waals surface area contributed by atoms with Gasteiger partial charge in [0.1, 0.15) is 0 Å². The lowest BCUT2D eigenvalue weighted by atomic mass is 10.1. The molecule has 0 radical (unpaired) electrons. The van der Waals surface area contributed by atoms with Crippen molar-refractivity contribution in [1.82, 2.24) is 20.6 Å². The number of carbonyl (C=O) groups excluding carboxylic acids is 2. The van der Waals surface area contributed by atoms with E-state index in [1.807, 2.05) is 0 Å². The molecule has 0 unspecified atom stereocenters. The molecule has 9 nitrogen and oxygen atoms in total. The van der Waals surface area contributed by atoms with E-state index in [1.165, 1.54) is 16.8 Å². The van der Waals surface area contributed by atoms with Crippen LogP contribution in [0.25, 0.3) is 10.8 Å². The molecule has 3 aromatic rings. The Morgan fingerprint density at radius 2 is 1.81 bits per heavy atom. The topological polar surface area (TPSA) is 112 Å². The summed E-state index contributed by atoms with van der Waals surface area (Å²) in [6, 6.07) is 9.60. The van der Waals surface area contributed by atoms with E-state index in [1.54, 1.807) is 31.2 Å². The molecule has 2 N–H and O–H groups in total. The zero-order valence-corrected chi connectivity index (χ0v) is 17.4. The number of hydrazine groups is 1. The van der Waals surface area contributed by atoms with Crippen molar-refractivity contribution in [3.8, 4) is 11.5 Å². The number of nitrogens with one attached hydrogen (secondary N) is 2. The number of hydrogen-bond acceptors (Lipinski definition) is 6. The van der Waals surface area contributed by atoms with Crippen LogP contribution in [0, 0.1) is 0 Å². The summed E-state index contributed by atoms with van der Waals surface area (Å²) in [5, 5.41) is 5.13. The first-order valence-corrected chi connectivity index (χ1v) is 10.1. The predicted octanol–water partition coefficient (Wildman–Crippen LogP) is 2.31. The molecule has 0 saturated heterocycles. The standard InChI is InChI=1S/C21H19ClN4O5/c1-2-26-21(29)14-7-4-3-6-13(14)17(25-26)20(28)24-23-19(27)12-10-15(22)18-16(11-12)30-8-5-9-31-18/h3-4,6-7,10-11H,2,5,8-9H2,1H3,(H,23,27)(H,24,28). The predicted molar refractivity (Wildman–Crippen MR) is 114 cm³/mol. The number of ether oxygens (including phenoxy) is 2. The minimum absolute atomic E-state index is 0.0223. The minimum atomic E-state index is -0.660. The molecule has 1 aromatic heterocycles. The van der Waals surface area contributed by atoms with Gasteiger partial charge in [0.15, 0.2) is 17.2 Å². The number of benzene rings is 2. The van der Waals surface area contributed by atoms with Crippen molar-refractivity contribution in [2.24, 2.45) is 0 Å². The van der Waals surface area contributed by atoms with Crippen LogP contribution in [0.5, 0.6) is 11.5 Å². The van der Waals surface area contributed by atoms with Crippen LogP contribution in [0.3, 0.4) is 0 Å². The number of nitrogens with zero attached hydrogens (tertiary/aromatic N) is 2. The second kappa shape index (κ2) is 8.65. The number of aryl methyl sites for hydroxylation is 1. The quantitative estimate of drug-likeness (QED) is 0.602. The van der Waals surface area contributed by atoms with E-state index >= 15 is 0 Å². The summed E-state index contributed by atoms with van der Waals surface area (Å²) in [7, 11) is 0. The smallest absolute Gasteiger partial charge is 0.290 e. The number of hydrogen-bond donors (Lipinski definition) is 2. The number of amides is 2. The number of aromatic nitrogens is 2. The fourth-order valence-corrected chi connectivity index (χ4v) is 3.49. The molecule has 0 saturated carbocycles. The second-order valence-electron chi connectivity index (χ2n) is 6.76. The Balaban J connectivity index is 1.57. The van der Waals surface area contributed by atoms with Gasteiger partial charge in [0.2, 0.25) is 0 Å². The van der Waals surface area contributed by atoms with Crippen molar-refractivity contribution in [2.75, 3.05) is 13.2 Å². The lowest BCUT2D eigenvalue weighted by Crippen LogP contribution is -2.42. The van der Waals surface area contributed by atoms with Gasteiger partial charge in [-0.15, -0.1) is 0 Å². The number of halogens is 1. The van der Waals surface area contributed by atoms with E-state index in [4.69, 9.17) is 21.1 Å². The fourth-order valence-electron chi connectivity index (χ4n) is 3.22. The van der Waals surface area contributed by atoms with Gasteiger partial charge in [0.25, 0.3) is 17.4 Å². The summed E-state index contributed by atoms with van der Waals surface area (Å²) < 4.78 is 12.3. The van der Waals surface area contributed by atoms with Crippen molar-refractivity contribution in [2.45, 2.75) is 19.9 Å². The Morgan fingerprint density at radius 3 is 2.58 bits per heavy atom. The first kappa shape index (κ1) is 20.7. The van der Waals surface area contributed by atoms with Crippen LogP contribution in [-0.4, -0.2) is 34.8 Å². The third-order valence-electron chi connectivity index (χ3n) is 4.74. The molecule has 0 spiro atoms. The summed E-state index contributed by atoms with van der Waals surface area (Å²) >= 11 is 6.22. The molecule has 0 aliphatic carbocycles. The van der Waals surface area contributed by atoms with Crippen LogP contribution in [0.2, 0.25) is 5.02 Å². The van der Waals surface area contributed by atoms with Crippen LogP contribution in [0.4, 0.5) is 0 Å². The highest BCUT2D eigenvalue weighted by Crippen LogP contribution is 2.37. The van der Waals surface area contributed by atoms with E-state index in [0.29, 0.717) is 48.5 Å². The highest BCUT2D eigenvalue weighted by Gasteiger charge is 2.20. The molecular weight excluding hydrogens is 424 g/mol. The van der Waals surface area contributed by atoms with Crippen LogP contribution >= 0.6 is 11.6 Å². The molecule has 2 amide bonds. The maximum atomic E-state index is 12.7. The number of rotatable bonds is 3. The van der Waals surface area contributed by atoms with Gasteiger partial charge in [0.05, 0.1) is 23.6 Å². The monoisotopic (exact) mass is 442 g/mol. The molecule has 1 aliphatic rings. The molecular formula is C21H19ClN4O5. The maximum Gasteiger partial charge on any atom is 0.290 e. The molecule has 10 heteroatoms. The normalized spacial score (nSPS) is 12.8. The summed E-state index contributed by atoms with van der Waals surface area (Å²) in [5.41, 5.74) is 4.60. The number of carbonyl (C=O) groups is 2. The molecule has 0 atom stereocenters. The van der Waals surface area contributed by atoms with E-state index in [2.05, 4.69) is 16.0 Å². The zero-order chi connectivity index (χ0) is 22.0. The first-order chi connectivity index (χ1) is 15.0. The second-order valence-corrected chi connectivity index (χ2v) is 7.17. The molecule has 1 aliphatic heterocycles. The Morgan fingerprint density at radius 1 is 1.10 bits per heavy atom. The van der Waals surface area contributed by atoms with Crippen molar-refractivity contribution < 1.29 is 19.1 Å². The molecule has 0 bridgehead atoms. The largest absolute Gasteiger partial charge is 0.489 e. The molecule has 4 rings (SSSR count). The van der Waals surface area contributed by atoms with Gasteiger partial charge in [0, 0.05) is 23.9 Å². The first-order valence-electron chi connectivity index (χ1n) is 9.69. The van der Waals surface area contributed by atoms with Crippen LogP contribution in [-0.2, 0) is 6.54 Å². The van der Waals surface area contributed by atoms with Gasteiger partial charge in [-0.05, 0) is 25.1 Å². The average molecular weight is 443 g/mol. The fraction of sp³-hybridized carbons (Fsp3) is 0.238. The van der Waals surface area contributed by atoms with Crippen molar-refractivity contribution in [3.63, 3.8) is 0 Å². The third kappa shape index (κ3) is 4.04. The van der Waals surface area contributed by atoms with Gasteiger partial charge < -0.3 is 9.47 Å². The molecule has 0 fully saturated rings. The highest BCUT2D eigenvalue weighted by molar-refractivity contribution is 6.32. The van der Waals surface area contributed by atoms with Crippen molar-refractivity contribution >= 4 is 34.2 Å². The van der Waals surface area contributed by atoms with Crippen LogP contribution in [0.15, 0.2) is 41.2 Å². The summed E-state index contributed by atoms with van der Waals surface area (Å²) in [5.74, 6) is -0.507. The summed E-state index contributed by atoms with van der Waals surface area (Å²) in [6.45, 7) is 2.96. The van der Waals surface area contributed by atoms with Crippen LogP contribution in [0.1, 0.15) is 34.2 Å². The van der Waals surface area contributed by atoms with Gasteiger partial charge in [-0.25, -0.2) is 4.68 Å².